The van der Waals surface area contributed by atoms with Crippen molar-refractivity contribution in [2.45, 2.75) is 12.6 Å². The Balaban J connectivity index is 1.17. The lowest BCUT2D eigenvalue weighted by molar-refractivity contribution is 0.670. The Hall–Kier alpha value is -6.09. The van der Waals surface area contributed by atoms with Gasteiger partial charge in [0.1, 0.15) is 5.58 Å². The maximum Gasteiger partial charge on any atom is 0.159 e. The molecule has 5 nitrogen and oxygen atoms in total. The van der Waals surface area contributed by atoms with Crippen LogP contribution in [-0.4, -0.2) is 0 Å². The van der Waals surface area contributed by atoms with Crippen LogP contribution in [0.15, 0.2) is 156 Å². The van der Waals surface area contributed by atoms with Crippen LogP contribution in [0.4, 0.5) is 11.4 Å². The minimum Gasteiger partial charge on any atom is -0.454 e. The van der Waals surface area contributed by atoms with Crippen LogP contribution in [0.1, 0.15) is 28.3 Å². The maximum absolute atomic E-state index is 9.49. The zero-order valence-corrected chi connectivity index (χ0v) is 25.2. The van der Waals surface area contributed by atoms with E-state index in [1.54, 1.807) is 6.07 Å². The second-order valence-corrected chi connectivity index (χ2v) is 11.2. The van der Waals surface area contributed by atoms with Gasteiger partial charge in [-0.15, -0.1) is 0 Å². The number of anilines is 2. The Morgan fingerprint density at radius 1 is 0.761 bits per heavy atom. The molecule has 1 atom stereocenters. The number of nitrogens with two attached hydrogens (primary N) is 1. The Morgan fingerprint density at radius 3 is 2.28 bits per heavy atom. The van der Waals surface area contributed by atoms with Crippen LogP contribution < -0.4 is 16.4 Å². The van der Waals surface area contributed by atoms with Gasteiger partial charge in [0.2, 0.25) is 0 Å². The van der Waals surface area contributed by atoms with Gasteiger partial charge in [-0.2, -0.15) is 5.26 Å². The lowest BCUT2D eigenvalue weighted by atomic mass is 10.0. The highest BCUT2D eigenvalue weighted by Gasteiger charge is 2.16. The normalized spacial score (nSPS) is 12.1. The first-order valence-corrected chi connectivity index (χ1v) is 15.3. The van der Waals surface area contributed by atoms with Gasteiger partial charge in [-0.05, 0) is 64.7 Å². The molecule has 0 radical (unpaired) electrons. The summed E-state index contributed by atoms with van der Waals surface area (Å²) < 4.78 is 6.42. The molecule has 0 fully saturated rings. The Kier molecular flexibility index (Phi) is 8.02. The molecule has 0 bridgehead atoms. The quantitative estimate of drug-likeness (QED) is 0.154. The van der Waals surface area contributed by atoms with E-state index in [0.29, 0.717) is 12.1 Å². The van der Waals surface area contributed by atoms with Crippen molar-refractivity contribution in [1.29, 1.82) is 5.26 Å². The van der Waals surface area contributed by atoms with Crippen LogP contribution in [0, 0.1) is 11.3 Å². The molecule has 0 spiro atoms. The first-order valence-electron chi connectivity index (χ1n) is 15.3. The van der Waals surface area contributed by atoms with Crippen molar-refractivity contribution in [3.63, 3.8) is 0 Å². The van der Waals surface area contributed by atoms with Gasteiger partial charge in [0.05, 0.1) is 23.4 Å². The fourth-order valence-electron chi connectivity index (χ4n) is 5.78. The monoisotopic (exact) mass is 596 g/mol. The van der Waals surface area contributed by atoms with Crippen molar-refractivity contribution in [3.8, 4) is 17.2 Å². The van der Waals surface area contributed by atoms with E-state index in [2.05, 4.69) is 83.4 Å². The highest BCUT2D eigenvalue weighted by atomic mass is 16.3. The number of rotatable bonds is 9. The second kappa shape index (κ2) is 12.9. The molecule has 0 aliphatic rings. The molecule has 222 valence electrons. The molecule has 0 amide bonds. The van der Waals surface area contributed by atoms with Gasteiger partial charge in [0.15, 0.2) is 5.58 Å². The number of para-hydroxylation sites is 1. The largest absolute Gasteiger partial charge is 0.454 e. The van der Waals surface area contributed by atoms with E-state index in [9.17, 15) is 5.26 Å². The fourth-order valence-corrected chi connectivity index (χ4v) is 5.78. The van der Waals surface area contributed by atoms with Crippen LogP contribution in [0.3, 0.4) is 0 Å². The van der Waals surface area contributed by atoms with Crippen molar-refractivity contribution in [3.05, 3.63) is 174 Å². The standard InChI is InChI=1S/C41H32N4O/c42-26-29-10-9-15-32(24-29)38(25-37(43)31-13-5-2-6-14-31)44-27-28-18-20-33(21-19-28)45-40-34(30-11-3-1-4-12-30)22-23-36-35-16-7-8-17-39(35)46-41(36)40/h1-25,37,44-45H,27,43H2/b38-25-. The molecule has 4 N–H and O–H groups in total. The average molecular weight is 597 g/mol. The summed E-state index contributed by atoms with van der Waals surface area (Å²) in [4.78, 5) is 0. The molecule has 7 aromatic rings. The third kappa shape index (κ3) is 5.98. The molecule has 1 heterocycles. The lowest BCUT2D eigenvalue weighted by Gasteiger charge is -2.16. The summed E-state index contributed by atoms with van der Waals surface area (Å²) in [6, 6.07) is 50.7. The van der Waals surface area contributed by atoms with Gasteiger partial charge >= 0.3 is 0 Å². The van der Waals surface area contributed by atoms with E-state index >= 15 is 0 Å². The SMILES string of the molecule is N#Cc1cccc(/C(=C/C(N)c2ccccc2)NCc2ccc(Nc3c(-c4ccccc4)ccc4c3oc3ccccc34)cc2)c1. The van der Waals surface area contributed by atoms with E-state index < -0.39 is 0 Å². The van der Waals surface area contributed by atoms with Crippen LogP contribution in [0.2, 0.25) is 0 Å². The number of hydrogen-bond donors (Lipinski definition) is 3. The van der Waals surface area contributed by atoms with Crippen molar-refractivity contribution >= 4 is 39.0 Å². The first kappa shape index (κ1) is 28.7. The van der Waals surface area contributed by atoms with Crippen LogP contribution in [0.5, 0.6) is 0 Å². The van der Waals surface area contributed by atoms with E-state index in [1.165, 1.54) is 0 Å². The number of benzene rings is 6. The zero-order chi connectivity index (χ0) is 31.3. The van der Waals surface area contributed by atoms with Gasteiger partial charge in [0, 0.05) is 34.3 Å². The molecule has 1 unspecified atom stereocenters. The topological polar surface area (TPSA) is 87.0 Å². The molecule has 46 heavy (non-hydrogen) atoms. The molecule has 0 saturated carbocycles. The van der Waals surface area contributed by atoms with Crippen molar-refractivity contribution in [2.75, 3.05) is 5.32 Å². The van der Waals surface area contributed by atoms with Crippen LogP contribution in [0.25, 0.3) is 38.8 Å². The summed E-state index contributed by atoms with van der Waals surface area (Å²) in [7, 11) is 0. The molecule has 0 aliphatic heterocycles. The number of nitrogens with zero attached hydrogens (tertiary/aromatic N) is 1. The van der Waals surface area contributed by atoms with Gasteiger partial charge in [-0.3, -0.25) is 0 Å². The van der Waals surface area contributed by atoms with Crippen LogP contribution >= 0.6 is 0 Å². The summed E-state index contributed by atoms with van der Waals surface area (Å²) >= 11 is 0. The van der Waals surface area contributed by atoms with Crippen molar-refractivity contribution in [1.82, 2.24) is 5.32 Å². The number of nitrogens with one attached hydrogen (secondary N) is 2. The van der Waals surface area contributed by atoms with E-state index in [4.69, 9.17) is 10.2 Å². The Labute approximate surface area is 268 Å². The summed E-state index contributed by atoms with van der Waals surface area (Å²) in [5.41, 5.74) is 16.9. The van der Waals surface area contributed by atoms with Crippen LogP contribution in [-0.2, 0) is 6.54 Å². The smallest absolute Gasteiger partial charge is 0.159 e. The lowest BCUT2D eigenvalue weighted by Crippen LogP contribution is -2.16. The minimum atomic E-state index is -0.305. The number of nitriles is 1. The first-order chi connectivity index (χ1) is 22.7. The molecule has 0 saturated heterocycles. The Bertz CT molecular complexity index is 2190. The minimum absolute atomic E-state index is 0.305. The highest BCUT2D eigenvalue weighted by Crippen LogP contribution is 2.41. The van der Waals surface area contributed by atoms with Gasteiger partial charge in [0.25, 0.3) is 0 Å². The van der Waals surface area contributed by atoms with E-state index in [-0.39, 0.29) is 6.04 Å². The molecular weight excluding hydrogens is 564 g/mol. The van der Waals surface area contributed by atoms with Crippen molar-refractivity contribution < 1.29 is 4.42 Å². The molecule has 6 aromatic carbocycles. The molecule has 0 aliphatic carbocycles. The fraction of sp³-hybridized carbons (Fsp3) is 0.0488. The summed E-state index contributed by atoms with van der Waals surface area (Å²) in [6.45, 7) is 0.582. The second-order valence-electron chi connectivity index (χ2n) is 11.2. The number of furan rings is 1. The molecular formula is C41H32N4O. The van der Waals surface area contributed by atoms with Crippen molar-refractivity contribution in [2.24, 2.45) is 5.73 Å². The number of fused-ring (bicyclic) bond motifs is 3. The van der Waals surface area contributed by atoms with E-state index in [0.717, 1.165) is 66.8 Å². The molecule has 1 aromatic heterocycles. The van der Waals surface area contributed by atoms with E-state index in [1.807, 2.05) is 78.9 Å². The highest BCUT2D eigenvalue weighted by molar-refractivity contribution is 6.12. The molecule has 5 heteroatoms. The van der Waals surface area contributed by atoms with Gasteiger partial charge in [-0.25, -0.2) is 0 Å². The van der Waals surface area contributed by atoms with Gasteiger partial charge in [-0.1, -0.05) is 109 Å². The maximum atomic E-state index is 9.49. The summed E-state index contributed by atoms with van der Waals surface area (Å²) in [6.07, 6.45) is 2.01. The van der Waals surface area contributed by atoms with Gasteiger partial charge < -0.3 is 20.8 Å². The molecule has 7 rings (SSSR count). The summed E-state index contributed by atoms with van der Waals surface area (Å²) in [5, 5.41) is 18.9. The third-order valence-corrected chi connectivity index (χ3v) is 8.17. The average Bonchev–Trinajstić information content (AvgIpc) is 3.51. The Morgan fingerprint density at radius 2 is 1.50 bits per heavy atom. The predicted molar refractivity (Wildman–Crippen MR) is 188 cm³/mol. The summed E-state index contributed by atoms with van der Waals surface area (Å²) in [5.74, 6) is 0. The zero-order valence-electron chi connectivity index (χ0n) is 25.2. The third-order valence-electron chi connectivity index (χ3n) is 8.17. The predicted octanol–water partition coefficient (Wildman–Crippen LogP) is 9.70. The number of hydrogen-bond acceptors (Lipinski definition) is 5.